The molecule has 1 aliphatic carbocycles. The summed E-state index contributed by atoms with van der Waals surface area (Å²) in [6.45, 7) is -0.193. The van der Waals surface area contributed by atoms with Crippen LogP contribution in [0.2, 0.25) is 5.02 Å². The van der Waals surface area contributed by atoms with Gasteiger partial charge >= 0.3 is 12.1 Å². The minimum atomic E-state index is -4.56. The minimum Gasteiger partial charge on any atom is -0.478 e. The first-order valence-electron chi connectivity index (χ1n) is 9.52. The molecule has 0 atom stereocenters. The highest BCUT2D eigenvalue weighted by molar-refractivity contribution is 6.31. The lowest BCUT2D eigenvalue weighted by Gasteiger charge is -2.24. The maximum Gasteiger partial charge on any atom is 0.416 e. The van der Waals surface area contributed by atoms with Gasteiger partial charge in [-0.25, -0.2) is 9.18 Å². The second kappa shape index (κ2) is 9.09. The molecule has 1 aliphatic rings. The Labute approximate surface area is 181 Å². The van der Waals surface area contributed by atoms with E-state index in [9.17, 15) is 22.4 Å². The molecule has 4 nitrogen and oxygen atoms in total. The summed E-state index contributed by atoms with van der Waals surface area (Å²) in [6, 6.07) is 6.87. The van der Waals surface area contributed by atoms with Crippen molar-refractivity contribution in [2.45, 2.75) is 38.4 Å². The molecule has 164 valence electrons. The summed E-state index contributed by atoms with van der Waals surface area (Å²) >= 11 is 6.01. The average Bonchev–Trinajstić information content (AvgIpc) is 2.71. The number of alkyl halides is 3. The van der Waals surface area contributed by atoms with E-state index in [2.05, 4.69) is 5.32 Å². The Morgan fingerprint density at radius 2 is 1.87 bits per heavy atom. The molecule has 0 spiro atoms. The zero-order chi connectivity index (χ0) is 22.8. The third kappa shape index (κ3) is 5.07. The van der Waals surface area contributed by atoms with E-state index in [1.165, 1.54) is 24.3 Å². The monoisotopic (exact) mass is 454 g/mol. The third-order valence-electron chi connectivity index (χ3n) is 5.16. The van der Waals surface area contributed by atoms with Crippen LogP contribution in [0.25, 0.3) is 0 Å². The number of nitrogens with one attached hydrogen (secondary N) is 2. The van der Waals surface area contributed by atoms with Crippen LogP contribution in [0.1, 0.15) is 52.7 Å². The van der Waals surface area contributed by atoms with Gasteiger partial charge in [-0.1, -0.05) is 17.7 Å². The van der Waals surface area contributed by atoms with Crippen molar-refractivity contribution in [2.75, 3.05) is 0 Å². The molecule has 0 bridgehead atoms. The molecule has 9 heteroatoms. The van der Waals surface area contributed by atoms with Crippen molar-refractivity contribution in [3.63, 3.8) is 0 Å². The largest absolute Gasteiger partial charge is 0.478 e. The second-order valence-corrected chi connectivity index (χ2v) is 7.56. The highest BCUT2D eigenvalue weighted by Gasteiger charge is 2.34. The van der Waals surface area contributed by atoms with Gasteiger partial charge in [0, 0.05) is 28.4 Å². The fourth-order valence-electron chi connectivity index (χ4n) is 3.59. The Morgan fingerprint density at radius 1 is 1.16 bits per heavy atom. The number of benzene rings is 2. The topological polar surface area (TPSA) is 73.2 Å². The summed E-state index contributed by atoms with van der Waals surface area (Å²) in [7, 11) is 0. The summed E-state index contributed by atoms with van der Waals surface area (Å²) in [5.41, 5.74) is -0.293. The molecule has 0 saturated carbocycles. The summed E-state index contributed by atoms with van der Waals surface area (Å²) in [6.07, 6.45) is -2.09. The Morgan fingerprint density at radius 3 is 2.52 bits per heavy atom. The Bertz CT molecular complexity index is 1060. The maximum atomic E-state index is 14.4. The number of hydrogen-bond acceptors (Lipinski definition) is 3. The zero-order valence-corrected chi connectivity index (χ0v) is 17.0. The molecule has 0 saturated heterocycles. The second-order valence-electron chi connectivity index (χ2n) is 7.16. The molecule has 0 fully saturated rings. The van der Waals surface area contributed by atoms with Crippen LogP contribution >= 0.6 is 11.6 Å². The molecule has 0 radical (unpaired) electrons. The highest BCUT2D eigenvalue weighted by atomic mass is 35.5. The van der Waals surface area contributed by atoms with Gasteiger partial charge in [-0.15, -0.1) is 0 Å². The number of carboxylic acid groups (broad SMARTS) is 1. The van der Waals surface area contributed by atoms with Crippen LogP contribution in [0.15, 0.2) is 47.7 Å². The van der Waals surface area contributed by atoms with Crippen LogP contribution in [0, 0.1) is 11.2 Å². The Balaban J connectivity index is 1.91. The van der Waals surface area contributed by atoms with Gasteiger partial charge in [0.25, 0.3) is 0 Å². The maximum absolute atomic E-state index is 14.4. The van der Waals surface area contributed by atoms with E-state index in [-0.39, 0.29) is 34.0 Å². The summed E-state index contributed by atoms with van der Waals surface area (Å²) in [5.74, 6) is -2.12. The first kappa shape index (κ1) is 22.8. The molecule has 2 aromatic rings. The lowest BCUT2D eigenvalue weighted by molar-refractivity contribution is -0.138. The van der Waals surface area contributed by atoms with Crippen molar-refractivity contribution in [1.82, 2.24) is 5.32 Å². The lowest BCUT2D eigenvalue weighted by Crippen LogP contribution is -2.23. The summed E-state index contributed by atoms with van der Waals surface area (Å²) < 4.78 is 54.5. The van der Waals surface area contributed by atoms with Crippen LogP contribution < -0.4 is 5.32 Å². The van der Waals surface area contributed by atoms with E-state index in [0.717, 1.165) is 25.0 Å². The van der Waals surface area contributed by atoms with E-state index in [4.69, 9.17) is 22.1 Å². The Kier molecular flexibility index (Phi) is 6.69. The number of carbonyl (C=O) groups is 1. The molecule has 31 heavy (non-hydrogen) atoms. The molecule has 3 N–H and O–H groups in total. The van der Waals surface area contributed by atoms with E-state index < -0.39 is 23.5 Å². The van der Waals surface area contributed by atoms with Gasteiger partial charge < -0.3 is 10.4 Å². The summed E-state index contributed by atoms with van der Waals surface area (Å²) in [4.78, 5) is 11.0. The zero-order valence-electron chi connectivity index (χ0n) is 16.2. The number of aromatic carboxylic acids is 1. The SMILES string of the molecule is N=C(C1=C(NCc2c(Cl)cccc2C(F)(F)F)CCCC1)c1ccc(C(=O)O)cc1F. The number of rotatable bonds is 6. The number of halogens is 5. The third-order valence-corrected chi connectivity index (χ3v) is 5.51. The fourth-order valence-corrected chi connectivity index (χ4v) is 3.83. The van der Waals surface area contributed by atoms with E-state index >= 15 is 0 Å². The quantitative estimate of drug-likeness (QED) is 0.360. The van der Waals surface area contributed by atoms with Gasteiger partial charge in [-0.2, -0.15) is 13.2 Å². The lowest BCUT2D eigenvalue weighted by atomic mass is 9.89. The van der Waals surface area contributed by atoms with Crippen molar-refractivity contribution in [2.24, 2.45) is 0 Å². The van der Waals surface area contributed by atoms with Crippen molar-refractivity contribution in [3.05, 3.63) is 80.8 Å². The molecule has 3 rings (SSSR count). The normalized spacial score (nSPS) is 14.5. The van der Waals surface area contributed by atoms with Crippen molar-refractivity contribution >= 4 is 23.3 Å². The fraction of sp³-hybridized carbons (Fsp3) is 0.273. The van der Waals surface area contributed by atoms with Gasteiger partial charge in [-0.05, 0) is 61.6 Å². The molecule has 0 heterocycles. The van der Waals surface area contributed by atoms with Crippen LogP contribution in [0.3, 0.4) is 0 Å². The standard InChI is InChI=1S/C22H19ClF4N2O2/c23-17-6-3-5-16(22(25,26)27)15(17)11-29-19-7-2-1-4-14(19)20(28)13-9-8-12(21(30)31)10-18(13)24/h3,5-6,8-10,28-29H,1-2,4,7,11H2,(H,30,31). The van der Waals surface area contributed by atoms with Gasteiger partial charge in [0.05, 0.1) is 16.8 Å². The minimum absolute atomic E-state index is 0.0225. The van der Waals surface area contributed by atoms with E-state index in [0.29, 0.717) is 24.1 Å². The van der Waals surface area contributed by atoms with E-state index in [1.807, 2.05) is 0 Å². The van der Waals surface area contributed by atoms with Gasteiger partial charge in [0.2, 0.25) is 0 Å². The van der Waals surface area contributed by atoms with Gasteiger partial charge in [0.15, 0.2) is 0 Å². The Hall–Kier alpha value is -2.87. The van der Waals surface area contributed by atoms with Crippen LogP contribution in [0.4, 0.5) is 17.6 Å². The van der Waals surface area contributed by atoms with Crippen molar-refractivity contribution < 1.29 is 27.5 Å². The molecular weight excluding hydrogens is 436 g/mol. The van der Waals surface area contributed by atoms with Crippen LogP contribution in [-0.4, -0.2) is 16.8 Å². The molecule has 0 aliphatic heterocycles. The first-order valence-corrected chi connectivity index (χ1v) is 9.90. The van der Waals surface area contributed by atoms with Crippen LogP contribution in [-0.2, 0) is 12.7 Å². The first-order chi connectivity index (χ1) is 14.6. The average molecular weight is 455 g/mol. The van der Waals surface area contributed by atoms with Crippen LogP contribution in [0.5, 0.6) is 0 Å². The van der Waals surface area contributed by atoms with E-state index in [1.54, 1.807) is 0 Å². The van der Waals surface area contributed by atoms with Crippen molar-refractivity contribution in [3.8, 4) is 0 Å². The number of carboxylic acids is 1. The predicted octanol–water partition coefficient (Wildman–Crippen LogP) is 6.18. The molecule has 2 aromatic carbocycles. The van der Waals surface area contributed by atoms with Gasteiger partial charge in [-0.3, -0.25) is 5.41 Å². The van der Waals surface area contributed by atoms with Crippen molar-refractivity contribution in [1.29, 1.82) is 5.41 Å². The predicted molar refractivity (Wildman–Crippen MR) is 109 cm³/mol. The highest BCUT2D eigenvalue weighted by Crippen LogP contribution is 2.35. The smallest absolute Gasteiger partial charge is 0.416 e. The van der Waals surface area contributed by atoms with Gasteiger partial charge in [0.1, 0.15) is 5.82 Å². The molecule has 0 aromatic heterocycles. The summed E-state index contributed by atoms with van der Waals surface area (Å²) in [5, 5.41) is 20.4. The molecule has 0 unspecified atom stereocenters. The number of hydrogen-bond donors (Lipinski definition) is 3. The molecule has 0 amide bonds. The molecular formula is C22H19ClF4N2O2. The number of allylic oxidation sites excluding steroid dienone is 2.